The molecule has 1 aromatic heterocycles. The van der Waals surface area contributed by atoms with Crippen LogP contribution in [0.5, 0.6) is 0 Å². The molecule has 1 aromatic carbocycles. The molecule has 2 aromatic rings. The molecule has 5 heteroatoms. The summed E-state index contributed by atoms with van der Waals surface area (Å²) >= 11 is 7.59. The zero-order chi connectivity index (χ0) is 13.7. The Morgan fingerprint density at radius 3 is 3.05 bits per heavy atom. The van der Waals surface area contributed by atoms with Crippen molar-refractivity contribution in [1.82, 2.24) is 5.32 Å². The SMILES string of the molecule is COCC(Cl)CCNC(=O)c1csc2ccccc12. The predicted molar refractivity (Wildman–Crippen MR) is 80.3 cm³/mol. The lowest BCUT2D eigenvalue weighted by Gasteiger charge is -2.08. The van der Waals surface area contributed by atoms with E-state index in [1.807, 2.05) is 29.6 Å². The van der Waals surface area contributed by atoms with Crippen molar-refractivity contribution >= 4 is 38.9 Å². The molecule has 102 valence electrons. The lowest BCUT2D eigenvalue weighted by atomic mass is 10.1. The maximum absolute atomic E-state index is 12.1. The summed E-state index contributed by atoms with van der Waals surface area (Å²) in [7, 11) is 1.62. The Bertz CT molecular complexity index is 555. The van der Waals surface area contributed by atoms with Crippen LogP contribution in [-0.4, -0.2) is 31.5 Å². The molecule has 0 saturated carbocycles. The molecule has 0 radical (unpaired) electrons. The summed E-state index contributed by atoms with van der Waals surface area (Å²) in [5.41, 5.74) is 0.735. The van der Waals surface area contributed by atoms with Gasteiger partial charge in [0.15, 0.2) is 0 Å². The van der Waals surface area contributed by atoms with Gasteiger partial charge in [0.25, 0.3) is 5.91 Å². The van der Waals surface area contributed by atoms with Crippen molar-refractivity contribution in [3.8, 4) is 0 Å². The van der Waals surface area contributed by atoms with Crippen LogP contribution >= 0.6 is 22.9 Å². The van der Waals surface area contributed by atoms with Gasteiger partial charge in [0.2, 0.25) is 0 Å². The van der Waals surface area contributed by atoms with Gasteiger partial charge in [-0.25, -0.2) is 0 Å². The molecule has 1 amide bonds. The topological polar surface area (TPSA) is 38.3 Å². The number of thiophene rings is 1. The van der Waals surface area contributed by atoms with Crippen LogP contribution in [0.2, 0.25) is 0 Å². The van der Waals surface area contributed by atoms with Gasteiger partial charge < -0.3 is 10.1 Å². The van der Waals surface area contributed by atoms with Crippen LogP contribution in [-0.2, 0) is 4.74 Å². The Labute approximate surface area is 121 Å². The smallest absolute Gasteiger partial charge is 0.252 e. The van der Waals surface area contributed by atoms with E-state index >= 15 is 0 Å². The van der Waals surface area contributed by atoms with Crippen molar-refractivity contribution in [2.24, 2.45) is 0 Å². The third-order valence-electron chi connectivity index (χ3n) is 2.82. The van der Waals surface area contributed by atoms with Crippen molar-refractivity contribution < 1.29 is 9.53 Å². The van der Waals surface area contributed by atoms with Gasteiger partial charge in [-0.1, -0.05) is 18.2 Å². The van der Waals surface area contributed by atoms with Crippen LogP contribution in [0.4, 0.5) is 0 Å². The number of amides is 1. The number of carbonyl (C=O) groups is 1. The first kappa shape index (κ1) is 14.3. The summed E-state index contributed by atoms with van der Waals surface area (Å²) in [6.07, 6.45) is 0.698. The number of benzene rings is 1. The van der Waals surface area contributed by atoms with Crippen molar-refractivity contribution in [3.63, 3.8) is 0 Å². The molecule has 1 N–H and O–H groups in total. The van der Waals surface area contributed by atoms with Crippen LogP contribution in [0.25, 0.3) is 10.1 Å². The zero-order valence-electron chi connectivity index (χ0n) is 10.7. The van der Waals surface area contributed by atoms with E-state index in [0.29, 0.717) is 19.6 Å². The predicted octanol–water partition coefficient (Wildman–Crippen LogP) is 3.28. The maximum Gasteiger partial charge on any atom is 0.252 e. The van der Waals surface area contributed by atoms with Crippen molar-refractivity contribution in [1.29, 1.82) is 0 Å². The fraction of sp³-hybridized carbons (Fsp3) is 0.357. The first-order chi connectivity index (χ1) is 9.22. The third kappa shape index (κ3) is 3.69. The monoisotopic (exact) mass is 297 g/mol. The normalized spacial score (nSPS) is 12.5. The Kier molecular flexibility index (Phi) is 5.19. The number of alkyl halides is 1. The number of hydrogen-bond donors (Lipinski definition) is 1. The van der Waals surface area contributed by atoms with E-state index in [0.717, 1.165) is 15.6 Å². The summed E-state index contributed by atoms with van der Waals surface area (Å²) in [4.78, 5) is 12.1. The van der Waals surface area contributed by atoms with E-state index < -0.39 is 0 Å². The fourth-order valence-electron chi connectivity index (χ4n) is 1.86. The summed E-state index contributed by atoms with van der Waals surface area (Å²) < 4.78 is 6.08. The number of nitrogens with one attached hydrogen (secondary N) is 1. The highest BCUT2D eigenvalue weighted by molar-refractivity contribution is 7.17. The summed E-state index contributed by atoms with van der Waals surface area (Å²) in [5, 5.41) is 5.73. The summed E-state index contributed by atoms with van der Waals surface area (Å²) in [6, 6.07) is 7.91. The van der Waals surface area contributed by atoms with Gasteiger partial charge in [0.05, 0.1) is 17.5 Å². The molecule has 1 heterocycles. The van der Waals surface area contributed by atoms with E-state index in [1.165, 1.54) is 0 Å². The minimum absolute atomic E-state index is 0.0428. The van der Waals surface area contributed by atoms with Crippen LogP contribution < -0.4 is 5.32 Å². The van der Waals surface area contributed by atoms with Gasteiger partial charge in [-0.05, 0) is 12.5 Å². The summed E-state index contributed by atoms with van der Waals surface area (Å²) in [5.74, 6) is -0.0428. The Morgan fingerprint density at radius 1 is 1.47 bits per heavy atom. The Hall–Kier alpha value is -1.10. The highest BCUT2D eigenvalue weighted by Gasteiger charge is 2.12. The van der Waals surface area contributed by atoms with E-state index in [4.69, 9.17) is 16.3 Å². The standard InChI is InChI=1S/C14H16ClNO2S/c1-18-8-10(15)6-7-16-14(17)12-9-19-13-5-3-2-4-11(12)13/h2-5,9-10H,6-8H2,1H3,(H,16,17). The fourth-order valence-corrected chi connectivity index (χ4v) is 3.03. The van der Waals surface area contributed by atoms with Crippen LogP contribution in [0.3, 0.4) is 0 Å². The molecule has 0 saturated heterocycles. The van der Waals surface area contributed by atoms with Gasteiger partial charge in [-0.2, -0.15) is 0 Å². The lowest BCUT2D eigenvalue weighted by molar-refractivity contribution is 0.0953. The minimum Gasteiger partial charge on any atom is -0.383 e. The second-order valence-electron chi connectivity index (χ2n) is 4.24. The molecule has 1 unspecified atom stereocenters. The molecular weight excluding hydrogens is 282 g/mol. The maximum atomic E-state index is 12.1. The van der Waals surface area contributed by atoms with Gasteiger partial charge in [-0.15, -0.1) is 22.9 Å². The molecule has 1 atom stereocenters. The van der Waals surface area contributed by atoms with Crippen molar-refractivity contribution in [2.45, 2.75) is 11.8 Å². The lowest BCUT2D eigenvalue weighted by Crippen LogP contribution is -2.26. The Morgan fingerprint density at radius 2 is 2.26 bits per heavy atom. The van der Waals surface area contributed by atoms with Gasteiger partial charge in [0.1, 0.15) is 0 Å². The molecule has 0 aliphatic carbocycles. The molecule has 0 bridgehead atoms. The number of carbonyl (C=O) groups excluding carboxylic acids is 1. The van der Waals surface area contributed by atoms with E-state index in [2.05, 4.69) is 5.32 Å². The molecule has 0 aliphatic rings. The van der Waals surface area contributed by atoms with Gasteiger partial charge in [-0.3, -0.25) is 4.79 Å². The highest BCUT2D eigenvalue weighted by atomic mass is 35.5. The van der Waals surface area contributed by atoms with Gasteiger partial charge >= 0.3 is 0 Å². The minimum atomic E-state index is -0.0653. The average Bonchev–Trinajstić information content (AvgIpc) is 2.82. The zero-order valence-corrected chi connectivity index (χ0v) is 12.3. The highest BCUT2D eigenvalue weighted by Crippen LogP contribution is 2.25. The third-order valence-corrected chi connectivity index (χ3v) is 4.12. The number of hydrogen-bond acceptors (Lipinski definition) is 3. The number of methoxy groups -OCH3 is 1. The first-order valence-electron chi connectivity index (χ1n) is 6.10. The van der Waals surface area contributed by atoms with Crippen LogP contribution in [0, 0.1) is 0 Å². The van der Waals surface area contributed by atoms with E-state index in [-0.39, 0.29) is 11.3 Å². The number of rotatable bonds is 6. The molecule has 0 spiro atoms. The number of halogens is 1. The number of fused-ring (bicyclic) bond motifs is 1. The van der Waals surface area contributed by atoms with Crippen molar-refractivity contribution in [2.75, 3.05) is 20.3 Å². The first-order valence-corrected chi connectivity index (χ1v) is 7.41. The van der Waals surface area contributed by atoms with Gasteiger partial charge in [0, 0.05) is 29.1 Å². The van der Waals surface area contributed by atoms with Crippen LogP contribution in [0.1, 0.15) is 16.8 Å². The largest absolute Gasteiger partial charge is 0.383 e. The second kappa shape index (κ2) is 6.89. The molecule has 3 nitrogen and oxygen atoms in total. The Balaban J connectivity index is 1.93. The van der Waals surface area contributed by atoms with E-state index in [9.17, 15) is 4.79 Å². The number of ether oxygens (including phenoxy) is 1. The second-order valence-corrected chi connectivity index (χ2v) is 5.77. The molecule has 19 heavy (non-hydrogen) atoms. The average molecular weight is 298 g/mol. The molecular formula is C14H16ClNO2S. The summed E-state index contributed by atoms with van der Waals surface area (Å²) in [6.45, 7) is 1.05. The van der Waals surface area contributed by atoms with Crippen molar-refractivity contribution in [3.05, 3.63) is 35.2 Å². The van der Waals surface area contributed by atoms with E-state index in [1.54, 1.807) is 18.4 Å². The molecule has 0 fully saturated rings. The quantitative estimate of drug-likeness (QED) is 0.831. The molecule has 2 rings (SSSR count). The van der Waals surface area contributed by atoms with Crippen LogP contribution in [0.15, 0.2) is 29.6 Å². The molecule has 0 aliphatic heterocycles.